The summed E-state index contributed by atoms with van der Waals surface area (Å²) in [4.78, 5) is 29.7. The lowest BCUT2D eigenvalue weighted by atomic mass is 10.0. The fraction of sp³-hybridized carbons (Fsp3) is 0.125. The van der Waals surface area contributed by atoms with Gasteiger partial charge < -0.3 is 20.5 Å². The molecule has 36 heavy (non-hydrogen) atoms. The van der Waals surface area contributed by atoms with Gasteiger partial charge in [-0.3, -0.25) is 4.79 Å². The maximum atomic E-state index is 14.6. The summed E-state index contributed by atoms with van der Waals surface area (Å²) in [5.41, 5.74) is -0.978. The second kappa shape index (κ2) is 9.50. The monoisotopic (exact) mass is 519 g/mol. The number of urea groups is 1. The van der Waals surface area contributed by atoms with Gasteiger partial charge in [-0.25, -0.2) is 14.2 Å². The van der Waals surface area contributed by atoms with Crippen molar-refractivity contribution in [3.63, 3.8) is 0 Å². The number of fused-ring (bicyclic) bond motifs is 1. The van der Waals surface area contributed by atoms with Gasteiger partial charge in [0.05, 0.1) is 21.8 Å². The zero-order valence-electron chi connectivity index (χ0n) is 18.8. The van der Waals surface area contributed by atoms with E-state index in [-0.39, 0.29) is 27.5 Å². The van der Waals surface area contributed by atoms with E-state index < -0.39 is 29.1 Å². The third-order valence-electron chi connectivity index (χ3n) is 5.41. The number of hydrogen-bond acceptors (Lipinski definition) is 4. The van der Waals surface area contributed by atoms with Crippen LogP contribution in [0, 0.1) is 5.82 Å². The molecule has 7 nitrogen and oxygen atoms in total. The minimum absolute atomic E-state index is 0.0763. The van der Waals surface area contributed by atoms with Crippen LogP contribution in [0.3, 0.4) is 0 Å². The van der Waals surface area contributed by atoms with Crippen LogP contribution in [0.15, 0.2) is 59.5 Å². The number of hydrogen-bond donors (Lipinski definition) is 3. The summed E-state index contributed by atoms with van der Waals surface area (Å²) in [5, 5.41) is 7.90. The molecule has 0 aliphatic rings. The summed E-state index contributed by atoms with van der Waals surface area (Å²) in [6.45, 7) is 0. The molecule has 0 saturated heterocycles. The van der Waals surface area contributed by atoms with E-state index in [1.54, 1.807) is 32.4 Å². The molecule has 0 atom stereocenters. The number of rotatable bonds is 4. The molecule has 4 aromatic rings. The van der Waals surface area contributed by atoms with Crippen LogP contribution in [-0.2, 0) is 13.2 Å². The van der Waals surface area contributed by atoms with E-state index >= 15 is 0 Å². The maximum Gasteiger partial charge on any atom is 0.416 e. The van der Waals surface area contributed by atoms with Crippen LogP contribution >= 0.6 is 11.6 Å². The Labute approximate surface area is 206 Å². The second-order valence-electron chi connectivity index (χ2n) is 7.77. The summed E-state index contributed by atoms with van der Waals surface area (Å²) in [6.07, 6.45) is -3.04. The van der Waals surface area contributed by atoms with Gasteiger partial charge >= 0.3 is 12.2 Å². The molecule has 2 aromatic heterocycles. The predicted molar refractivity (Wildman–Crippen MR) is 131 cm³/mol. The summed E-state index contributed by atoms with van der Waals surface area (Å²) in [6, 6.07) is 8.35. The predicted octanol–water partition coefficient (Wildman–Crippen LogP) is 6.10. The number of aryl methyl sites for hydroxylation is 1. The van der Waals surface area contributed by atoms with Crippen molar-refractivity contribution in [3.8, 4) is 11.1 Å². The molecule has 0 bridgehead atoms. The molecule has 0 saturated carbocycles. The van der Waals surface area contributed by atoms with Crippen molar-refractivity contribution in [3.05, 3.63) is 81.5 Å². The fourth-order valence-corrected chi connectivity index (χ4v) is 3.86. The molecule has 2 amide bonds. The van der Waals surface area contributed by atoms with E-state index in [0.717, 1.165) is 24.3 Å². The largest absolute Gasteiger partial charge is 0.416 e. The summed E-state index contributed by atoms with van der Waals surface area (Å²) < 4.78 is 54.8. The number of aromatic nitrogens is 2. The minimum atomic E-state index is -4.60. The number of nitrogens with zero attached hydrogens (tertiary/aromatic N) is 2. The first-order valence-electron chi connectivity index (χ1n) is 10.4. The van der Waals surface area contributed by atoms with E-state index in [1.165, 1.54) is 16.7 Å². The quantitative estimate of drug-likeness (QED) is 0.284. The van der Waals surface area contributed by atoms with Crippen molar-refractivity contribution in [2.24, 2.45) is 7.05 Å². The molecule has 0 radical (unpaired) electrons. The standard InChI is InChI=1S/C24H18ClF4N5O2/c1-30-21-10-20-12(11-31-21)6-16(22(35)34(20)2)15-8-19(18(26)9-17(15)25)33-23(36)32-14-5-3-4-13(7-14)24(27,28)29/h3-11H,1-2H3,(H,30,31)(H2,32,33,36). The van der Waals surface area contributed by atoms with E-state index in [2.05, 4.69) is 20.9 Å². The van der Waals surface area contributed by atoms with Gasteiger partial charge in [-0.2, -0.15) is 13.2 Å². The van der Waals surface area contributed by atoms with Gasteiger partial charge in [-0.1, -0.05) is 17.7 Å². The number of amides is 2. The zero-order valence-corrected chi connectivity index (χ0v) is 19.6. The Bertz CT molecular complexity index is 1550. The lowest BCUT2D eigenvalue weighted by Crippen LogP contribution is -2.21. The second-order valence-corrected chi connectivity index (χ2v) is 8.18. The Hall–Kier alpha value is -4.12. The molecule has 0 aliphatic heterocycles. The average Bonchev–Trinajstić information content (AvgIpc) is 2.82. The highest BCUT2D eigenvalue weighted by Crippen LogP contribution is 2.33. The number of anilines is 3. The molecular formula is C24H18ClF4N5O2. The highest BCUT2D eigenvalue weighted by molar-refractivity contribution is 6.33. The molecule has 12 heteroatoms. The molecule has 2 heterocycles. The Morgan fingerprint density at radius 1 is 1.06 bits per heavy atom. The first-order chi connectivity index (χ1) is 17.0. The number of halogens is 5. The third kappa shape index (κ3) is 4.96. The number of carbonyl (C=O) groups is 1. The van der Waals surface area contributed by atoms with Crippen LogP contribution in [0.2, 0.25) is 5.02 Å². The zero-order chi connectivity index (χ0) is 26.2. The lowest BCUT2D eigenvalue weighted by Gasteiger charge is -2.14. The number of pyridine rings is 2. The van der Waals surface area contributed by atoms with E-state index in [1.807, 2.05) is 0 Å². The summed E-state index contributed by atoms with van der Waals surface area (Å²) in [5.74, 6) is -0.343. The lowest BCUT2D eigenvalue weighted by molar-refractivity contribution is -0.137. The van der Waals surface area contributed by atoms with Gasteiger partial charge in [0.2, 0.25) is 0 Å². The molecule has 2 aromatic carbocycles. The summed E-state index contributed by atoms with van der Waals surface area (Å²) >= 11 is 6.24. The molecule has 0 aliphatic carbocycles. The Morgan fingerprint density at radius 2 is 1.81 bits per heavy atom. The van der Waals surface area contributed by atoms with Gasteiger partial charge in [-0.05, 0) is 36.4 Å². The van der Waals surface area contributed by atoms with Gasteiger partial charge in [0.25, 0.3) is 5.56 Å². The average molecular weight is 520 g/mol. The molecule has 0 spiro atoms. The molecule has 0 fully saturated rings. The van der Waals surface area contributed by atoms with E-state index in [9.17, 15) is 27.2 Å². The number of alkyl halides is 3. The highest BCUT2D eigenvalue weighted by Gasteiger charge is 2.30. The van der Waals surface area contributed by atoms with Crippen molar-refractivity contribution in [1.82, 2.24) is 9.55 Å². The van der Waals surface area contributed by atoms with Crippen LogP contribution in [0.4, 0.5) is 39.5 Å². The molecule has 186 valence electrons. The van der Waals surface area contributed by atoms with Crippen molar-refractivity contribution < 1.29 is 22.4 Å². The van der Waals surface area contributed by atoms with E-state index in [0.29, 0.717) is 16.7 Å². The Morgan fingerprint density at radius 3 is 2.50 bits per heavy atom. The van der Waals surface area contributed by atoms with Gasteiger partial charge in [0, 0.05) is 48.6 Å². The van der Waals surface area contributed by atoms with Gasteiger partial charge in [-0.15, -0.1) is 0 Å². The third-order valence-corrected chi connectivity index (χ3v) is 5.72. The number of benzene rings is 2. The van der Waals surface area contributed by atoms with Crippen LogP contribution in [0.5, 0.6) is 0 Å². The first-order valence-corrected chi connectivity index (χ1v) is 10.8. The number of nitrogens with one attached hydrogen (secondary N) is 3. The summed E-state index contributed by atoms with van der Waals surface area (Å²) in [7, 11) is 3.25. The topological polar surface area (TPSA) is 88.1 Å². The van der Waals surface area contributed by atoms with Crippen LogP contribution < -0.4 is 21.5 Å². The Balaban J connectivity index is 1.68. The fourth-order valence-electron chi connectivity index (χ4n) is 3.60. The van der Waals surface area contributed by atoms with Crippen LogP contribution in [-0.4, -0.2) is 22.6 Å². The van der Waals surface area contributed by atoms with Crippen LogP contribution in [0.25, 0.3) is 22.0 Å². The normalized spacial score (nSPS) is 11.4. The minimum Gasteiger partial charge on any atom is -0.373 e. The first kappa shape index (κ1) is 25.0. The van der Waals surface area contributed by atoms with Crippen molar-refractivity contribution in [2.75, 3.05) is 23.0 Å². The van der Waals surface area contributed by atoms with Crippen molar-refractivity contribution in [2.45, 2.75) is 6.18 Å². The molecular weight excluding hydrogens is 502 g/mol. The Kier molecular flexibility index (Phi) is 6.59. The smallest absolute Gasteiger partial charge is 0.373 e. The van der Waals surface area contributed by atoms with Gasteiger partial charge in [0.1, 0.15) is 11.6 Å². The van der Waals surface area contributed by atoms with E-state index in [4.69, 9.17) is 11.6 Å². The molecule has 3 N–H and O–H groups in total. The number of carbonyl (C=O) groups excluding carboxylic acids is 1. The SMILES string of the molecule is CNc1cc2c(cn1)cc(-c1cc(NC(=O)Nc3cccc(C(F)(F)F)c3)c(F)cc1Cl)c(=O)n2C. The molecule has 0 unspecified atom stereocenters. The van der Waals surface area contributed by atoms with Crippen LogP contribution in [0.1, 0.15) is 5.56 Å². The van der Waals surface area contributed by atoms with Gasteiger partial charge in [0.15, 0.2) is 0 Å². The maximum absolute atomic E-state index is 14.6. The van der Waals surface area contributed by atoms with Crippen molar-refractivity contribution >= 4 is 45.7 Å². The highest BCUT2D eigenvalue weighted by atomic mass is 35.5. The molecule has 4 rings (SSSR count). The van der Waals surface area contributed by atoms with Crippen molar-refractivity contribution in [1.29, 1.82) is 0 Å².